The number of amides is 3. The van der Waals surface area contributed by atoms with Crippen molar-refractivity contribution < 1.29 is 24.3 Å². The fourth-order valence-corrected chi connectivity index (χ4v) is 2.15. The van der Waals surface area contributed by atoms with E-state index >= 15 is 0 Å². The number of rotatable bonds is 5. The molecule has 0 spiro atoms. The summed E-state index contributed by atoms with van der Waals surface area (Å²) in [6, 6.07) is -2.59. The Labute approximate surface area is 130 Å². The summed E-state index contributed by atoms with van der Waals surface area (Å²) < 4.78 is 1.05. The van der Waals surface area contributed by atoms with Crippen molar-refractivity contribution in [2.24, 2.45) is 5.84 Å². The lowest BCUT2D eigenvalue weighted by Gasteiger charge is -2.16. The summed E-state index contributed by atoms with van der Waals surface area (Å²) in [4.78, 5) is 49.5. The Morgan fingerprint density at radius 2 is 2.26 bits per heavy atom. The minimum atomic E-state index is -1.25. The highest BCUT2D eigenvalue weighted by molar-refractivity contribution is 5.92. The van der Waals surface area contributed by atoms with Crippen molar-refractivity contribution in [3.63, 3.8) is 0 Å². The maximum atomic E-state index is 12.0. The second-order valence-corrected chi connectivity index (χ2v) is 4.98. The standard InChI is InChI=1S/C12H16N6O5/c13-17-12(23)18-4-6(14-5-18)3-8(11(21)22)16-10(20)7-1-2-9(19)15-7/h4-5,7-8H,1-3,13H2,(H,15,19)(H,16,20)(H,17,23)(H,21,22)/t7-,8+/m1/s1. The van der Waals surface area contributed by atoms with Crippen LogP contribution in [0.3, 0.4) is 0 Å². The molecule has 23 heavy (non-hydrogen) atoms. The first-order chi connectivity index (χ1) is 10.9. The predicted molar refractivity (Wildman–Crippen MR) is 74.8 cm³/mol. The maximum absolute atomic E-state index is 12.0. The van der Waals surface area contributed by atoms with E-state index in [1.807, 2.05) is 5.43 Å². The van der Waals surface area contributed by atoms with Crippen LogP contribution < -0.4 is 21.9 Å². The zero-order chi connectivity index (χ0) is 17.0. The molecule has 11 nitrogen and oxygen atoms in total. The van der Waals surface area contributed by atoms with Gasteiger partial charge in [0, 0.05) is 19.0 Å². The quantitative estimate of drug-likeness (QED) is 0.230. The zero-order valence-corrected chi connectivity index (χ0v) is 12.0. The van der Waals surface area contributed by atoms with Crippen LogP contribution in [0.4, 0.5) is 4.79 Å². The number of nitrogen functional groups attached to an aromatic ring is 1. The van der Waals surface area contributed by atoms with E-state index in [-0.39, 0.29) is 24.4 Å². The van der Waals surface area contributed by atoms with Crippen LogP contribution in [0.5, 0.6) is 0 Å². The van der Waals surface area contributed by atoms with Crippen LogP contribution in [-0.2, 0) is 20.8 Å². The van der Waals surface area contributed by atoms with E-state index in [2.05, 4.69) is 15.6 Å². The Bertz CT molecular complexity index is 642. The topological polar surface area (TPSA) is 168 Å². The van der Waals surface area contributed by atoms with Crippen LogP contribution in [-0.4, -0.2) is 50.6 Å². The minimum absolute atomic E-state index is 0.118. The Morgan fingerprint density at radius 1 is 1.52 bits per heavy atom. The van der Waals surface area contributed by atoms with Crippen LogP contribution in [0.2, 0.25) is 0 Å². The van der Waals surface area contributed by atoms with Gasteiger partial charge in [-0.2, -0.15) is 0 Å². The summed E-state index contributed by atoms with van der Waals surface area (Å²) in [6.07, 6.45) is 2.92. The van der Waals surface area contributed by atoms with Gasteiger partial charge in [0.15, 0.2) is 0 Å². The van der Waals surface area contributed by atoms with Gasteiger partial charge in [0.25, 0.3) is 0 Å². The minimum Gasteiger partial charge on any atom is -0.480 e. The van der Waals surface area contributed by atoms with Crippen LogP contribution in [0.15, 0.2) is 12.5 Å². The van der Waals surface area contributed by atoms with E-state index in [4.69, 9.17) is 5.84 Å². The lowest BCUT2D eigenvalue weighted by Crippen LogP contribution is -2.49. The Hall–Kier alpha value is -2.95. The van der Waals surface area contributed by atoms with E-state index in [0.717, 1.165) is 4.57 Å². The van der Waals surface area contributed by atoms with Crippen molar-refractivity contribution in [1.29, 1.82) is 0 Å². The van der Waals surface area contributed by atoms with Gasteiger partial charge in [-0.05, 0) is 6.42 Å². The Kier molecular flexibility index (Phi) is 4.91. The van der Waals surface area contributed by atoms with Crippen LogP contribution in [0.25, 0.3) is 0 Å². The molecular weight excluding hydrogens is 308 g/mol. The molecule has 11 heteroatoms. The number of hydrogen-bond donors (Lipinski definition) is 5. The summed E-state index contributed by atoms with van der Waals surface area (Å²) in [5.74, 6) is 2.91. The van der Waals surface area contributed by atoms with Gasteiger partial charge in [0.05, 0.1) is 5.69 Å². The number of aromatic nitrogens is 2. The third kappa shape index (κ3) is 4.03. The van der Waals surface area contributed by atoms with Gasteiger partial charge in [0.1, 0.15) is 18.4 Å². The molecule has 0 aliphatic carbocycles. The molecule has 2 heterocycles. The van der Waals surface area contributed by atoms with Gasteiger partial charge in [-0.3, -0.25) is 19.6 Å². The lowest BCUT2D eigenvalue weighted by atomic mass is 10.1. The SMILES string of the molecule is NNC(=O)n1cnc(C[C@H](NC(=O)[C@H]2CCC(=O)N2)C(=O)O)c1. The fraction of sp³-hybridized carbons (Fsp3) is 0.417. The molecule has 2 atom stereocenters. The summed E-state index contributed by atoms with van der Waals surface area (Å²) in [5, 5.41) is 14.0. The number of aliphatic carboxylic acids is 1. The van der Waals surface area contributed by atoms with Gasteiger partial charge in [-0.25, -0.2) is 20.4 Å². The Morgan fingerprint density at radius 3 is 2.83 bits per heavy atom. The van der Waals surface area contributed by atoms with Crippen molar-refractivity contribution in [2.75, 3.05) is 0 Å². The first kappa shape index (κ1) is 16.4. The number of nitrogens with two attached hydrogens (primary N) is 1. The average molecular weight is 324 g/mol. The molecule has 0 radical (unpaired) electrons. The number of carboxylic acids is 1. The summed E-state index contributed by atoms with van der Waals surface area (Å²) in [5.41, 5.74) is 2.19. The monoisotopic (exact) mass is 324 g/mol. The van der Waals surface area contributed by atoms with Gasteiger partial charge in [0.2, 0.25) is 11.8 Å². The molecule has 1 aliphatic rings. The van der Waals surface area contributed by atoms with Crippen molar-refractivity contribution in [3.05, 3.63) is 18.2 Å². The third-order valence-electron chi connectivity index (χ3n) is 3.33. The third-order valence-corrected chi connectivity index (χ3v) is 3.33. The molecule has 1 aromatic rings. The number of hydrazine groups is 1. The summed E-state index contributed by atoms with van der Waals surface area (Å²) >= 11 is 0. The predicted octanol–water partition coefficient (Wildman–Crippen LogP) is -2.29. The molecule has 1 fully saturated rings. The van der Waals surface area contributed by atoms with Crippen molar-refractivity contribution in [1.82, 2.24) is 25.6 Å². The van der Waals surface area contributed by atoms with Gasteiger partial charge < -0.3 is 15.7 Å². The molecule has 0 saturated carbocycles. The number of nitrogens with one attached hydrogen (secondary N) is 3. The highest BCUT2D eigenvalue weighted by Crippen LogP contribution is 2.08. The molecule has 6 N–H and O–H groups in total. The number of carbonyl (C=O) groups excluding carboxylic acids is 3. The first-order valence-electron chi connectivity index (χ1n) is 6.77. The van der Waals surface area contributed by atoms with Crippen molar-refractivity contribution in [2.45, 2.75) is 31.3 Å². The normalized spacial score (nSPS) is 18.1. The lowest BCUT2D eigenvalue weighted by molar-refractivity contribution is -0.142. The number of hydrogen-bond acceptors (Lipinski definition) is 6. The molecule has 0 unspecified atom stereocenters. The molecule has 124 valence electrons. The fourth-order valence-electron chi connectivity index (χ4n) is 2.15. The zero-order valence-electron chi connectivity index (χ0n) is 12.0. The average Bonchev–Trinajstić information content (AvgIpc) is 3.14. The molecule has 2 rings (SSSR count). The molecule has 3 amide bonds. The second kappa shape index (κ2) is 6.87. The molecular formula is C12H16N6O5. The number of carbonyl (C=O) groups is 4. The summed E-state index contributed by atoms with van der Waals surface area (Å²) in [7, 11) is 0. The smallest absolute Gasteiger partial charge is 0.340 e. The molecule has 0 bridgehead atoms. The molecule has 1 saturated heterocycles. The van der Waals surface area contributed by atoms with E-state index < -0.39 is 30.0 Å². The van der Waals surface area contributed by atoms with Crippen molar-refractivity contribution in [3.8, 4) is 0 Å². The molecule has 1 aliphatic heterocycles. The number of nitrogens with zero attached hydrogens (tertiary/aromatic N) is 2. The highest BCUT2D eigenvalue weighted by atomic mass is 16.4. The van der Waals surface area contributed by atoms with Crippen LogP contribution in [0.1, 0.15) is 18.5 Å². The van der Waals surface area contributed by atoms with Crippen molar-refractivity contribution >= 4 is 23.8 Å². The molecule has 1 aromatic heterocycles. The summed E-state index contributed by atoms with van der Waals surface area (Å²) in [6.45, 7) is 0. The van der Waals surface area contributed by atoms with E-state index in [0.29, 0.717) is 6.42 Å². The van der Waals surface area contributed by atoms with Crippen LogP contribution >= 0.6 is 0 Å². The highest BCUT2D eigenvalue weighted by Gasteiger charge is 2.30. The van der Waals surface area contributed by atoms with Gasteiger partial charge >= 0.3 is 12.0 Å². The largest absolute Gasteiger partial charge is 0.480 e. The van der Waals surface area contributed by atoms with Crippen LogP contribution in [0, 0.1) is 0 Å². The second-order valence-electron chi connectivity index (χ2n) is 4.98. The Balaban J connectivity index is 2.00. The first-order valence-corrected chi connectivity index (χ1v) is 6.77. The number of imidazole rings is 1. The van der Waals surface area contributed by atoms with E-state index in [1.165, 1.54) is 12.5 Å². The van der Waals surface area contributed by atoms with Gasteiger partial charge in [-0.1, -0.05) is 0 Å². The van der Waals surface area contributed by atoms with Gasteiger partial charge in [-0.15, -0.1) is 0 Å². The van der Waals surface area contributed by atoms with E-state index in [9.17, 15) is 24.3 Å². The van der Waals surface area contributed by atoms with E-state index in [1.54, 1.807) is 0 Å². The maximum Gasteiger partial charge on any atom is 0.340 e. The number of carboxylic acid groups (broad SMARTS) is 1. The molecule has 0 aromatic carbocycles.